The Balaban J connectivity index is 2.49. The molecule has 3 N–H and O–H groups in total. The average Bonchev–Trinajstić information content (AvgIpc) is 2.82. The fourth-order valence-electron chi connectivity index (χ4n) is 1.33. The molecule has 1 aromatic heterocycles. The zero-order valence-corrected chi connectivity index (χ0v) is 10.3. The molecule has 1 rings (SSSR count). The number of carboxylic acid groups (broad SMARTS) is 1. The van der Waals surface area contributed by atoms with Crippen molar-refractivity contribution in [3.8, 4) is 0 Å². The van der Waals surface area contributed by atoms with E-state index in [1.807, 2.05) is 0 Å². The highest BCUT2D eigenvalue weighted by molar-refractivity contribution is 5.75. The second kappa shape index (κ2) is 6.52. The van der Waals surface area contributed by atoms with Crippen molar-refractivity contribution < 1.29 is 14.7 Å². The molecule has 9 heteroatoms. The molecule has 0 aliphatic heterocycles. The number of urea groups is 1. The van der Waals surface area contributed by atoms with E-state index in [0.29, 0.717) is 12.4 Å². The fraction of sp³-hybridized carbons (Fsp3) is 0.667. The molecule has 9 nitrogen and oxygen atoms in total. The number of rotatable bonds is 6. The maximum absolute atomic E-state index is 11.8. The lowest BCUT2D eigenvalue weighted by Gasteiger charge is -2.22. The molecular formula is C9H16N6O3. The van der Waals surface area contributed by atoms with Crippen LogP contribution in [0.5, 0.6) is 0 Å². The fourth-order valence-corrected chi connectivity index (χ4v) is 1.33. The molecule has 100 valence electrons. The van der Waals surface area contributed by atoms with Gasteiger partial charge < -0.3 is 15.3 Å². The van der Waals surface area contributed by atoms with Gasteiger partial charge in [0.25, 0.3) is 0 Å². The Bertz CT molecular complexity index is 393. The summed E-state index contributed by atoms with van der Waals surface area (Å²) in [5, 5.41) is 24.4. The lowest BCUT2D eigenvalue weighted by molar-refractivity contribution is -0.137. The third-order valence-corrected chi connectivity index (χ3v) is 2.35. The number of aromatic amines is 1. The number of carbonyl (C=O) groups is 2. The minimum Gasteiger partial charge on any atom is -0.481 e. The number of nitrogens with one attached hydrogen (secondary N) is 2. The molecule has 1 heterocycles. The zero-order chi connectivity index (χ0) is 13.5. The van der Waals surface area contributed by atoms with Crippen molar-refractivity contribution >= 4 is 12.0 Å². The van der Waals surface area contributed by atoms with Crippen molar-refractivity contribution in [1.82, 2.24) is 30.8 Å². The Kier molecular flexibility index (Phi) is 5.03. The smallest absolute Gasteiger partial charge is 0.317 e. The van der Waals surface area contributed by atoms with E-state index in [2.05, 4.69) is 25.9 Å². The zero-order valence-electron chi connectivity index (χ0n) is 10.3. The van der Waals surface area contributed by atoms with E-state index < -0.39 is 12.0 Å². The summed E-state index contributed by atoms with van der Waals surface area (Å²) in [5.74, 6) is -0.565. The largest absolute Gasteiger partial charge is 0.481 e. The number of H-pyrrole nitrogens is 1. The minimum absolute atomic E-state index is 0.0855. The van der Waals surface area contributed by atoms with Crippen LogP contribution in [0.25, 0.3) is 0 Å². The van der Waals surface area contributed by atoms with Crippen LogP contribution in [0.3, 0.4) is 0 Å². The van der Waals surface area contributed by atoms with Crippen LogP contribution in [0.4, 0.5) is 4.79 Å². The van der Waals surface area contributed by atoms with Gasteiger partial charge >= 0.3 is 12.0 Å². The normalized spacial score (nSPS) is 11.9. The molecule has 0 spiro atoms. The van der Waals surface area contributed by atoms with E-state index in [4.69, 9.17) is 5.11 Å². The highest BCUT2D eigenvalue weighted by atomic mass is 16.4. The number of nitrogens with zero attached hydrogens (tertiary/aromatic N) is 4. The molecule has 0 bridgehead atoms. The first-order valence-corrected chi connectivity index (χ1v) is 5.55. The van der Waals surface area contributed by atoms with E-state index in [0.717, 1.165) is 0 Å². The van der Waals surface area contributed by atoms with Crippen molar-refractivity contribution in [2.75, 3.05) is 13.1 Å². The molecule has 1 atom stereocenters. The van der Waals surface area contributed by atoms with Gasteiger partial charge in [-0.2, -0.15) is 5.21 Å². The summed E-state index contributed by atoms with van der Waals surface area (Å²) in [6.07, 6.45) is -0.0855. The summed E-state index contributed by atoms with van der Waals surface area (Å²) >= 11 is 0. The Morgan fingerprint density at radius 1 is 1.56 bits per heavy atom. The number of tetrazole rings is 1. The molecule has 0 saturated heterocycles. The number of hydrogen-bond donors (Lipinski definition) is 3. The predicted molar refractivity (Wildman–Crippen MR) is 60.6 cm³/mol. The van der Waals surface area contributed by atoms with Gasteiger partial charge in [-0.25, -0.2) is 4.79 Å². The van der Waals surface area contributed by atoms with Crippen molar-refractivity contribution in [2.45, 2.75) is 26.3 Å². The SMILES string of the molecule is CCN(CCC(=O)O)C(=O)NC(C)c1nn[nH]n1. The van der Waals surface area contributed by atoms with Crippen molar-refractivity contribution in [3.63, 3.8) is 0 Å². The molecule has 0 aliphatic carbocycles. The molecule has 0 fully saturated rings. The third-order valence-electron chi connectivity index (χ3n) is 2.35. The summed E-state index contributed by atoms with van der Waals surface area (Å²) in [7, 11) is 0. The van der Waals surface area contributed by atoms with Crippen molar-refractivity contribution in [1.29, 1.82) is 0 Å². The van der Waals surface area contributed by atoms with Gasteiger partial charge in [0.1, 0.15) is 0 Å². The van der Waals surface area contributed by atoms with Crippen LogP contribution in [0.1, 0.15) is 32.1 Å². The second-order valence-electron chi connectivity index (χ2n) is 3.66. The number of carbonyl (C=O) groups excluding carboxylic acids is 1. The van der Waals surface area contributed by atoms with Crippen LogP contribution in [0.2, 0.25) is 0 Å². The van der Waals surface area contributed by atoms with Gasteiger partial charge in [0, 0.05) is 13.1 Å². The number of amides is 2. The molecule has 0 aliphatic rings. The molecule has 18 heavy (non-hydrogen) atoms. The van der Waals surface area contributed by atoms with Crippen LogP contribution < -0.4 is 5.32 Å². The highest BCUT2D eigenvalue weighted by Crippen LogP contribution is 2.04. The van der Waals surface area contributed by atoms with Crippen molar-refractivity contribution in [3.05, 3.63) is 5.82 Å². The molecule has 2 amide bonds. The number of aromatic nitrogens is 4. The Morgan fingerprint density at radius 2 is 2.28 bits per heavy atom. The van der Waals surface area contributed by atoms with E-state index in [1.54, 1.807) is 13.8 Å². The van der Waals surface area contributed by atoms with E-state index in [1.165, 1.54) is 4.90 Å². The van der Waals surface area contributed by atoms with Gasteiger partial charge in [0.15, 0.2) is 5.82 Å². The first kappa shape index (κ1) is 13.9. The van der Waals surface area contributed by atoms with Gasteiger partial charge in [-0.05, 0) is 13.8 Å². The first-order valence-electron chi connectivity index (χ1n) is 5.55. The van der Waals surface area contributed by atoms with Gasteiger partial charge in [-0.15, -0.1) is 10.2 Å². The quantitative estimate of drug-likeness (QED) is 0.645. The summed E-state index contributed by atoms with van der Waals surface area (Å²) in [6.45, 7) is 4.09. The standard InChI is InChI=1S/C9H16N6O3/c1-3-15(5-4-7(16)17)9(18)10-6(2)8-11-13-14-12-8/h6H,3-5H2,1-2H3,(H,10,18)(H,16,17)(H,11,12,13,14). The van der Waals surface area contributed by atoms with Crippen LogP contribution in [-0.4, -0.2) is 55.7 Å². The molecule has 0 radical (unpaired) electrons. The maximum atomic E-state index is 11.8. The molecular weight excluding hydrogens is 240 g/mol. The third kappa shape index (κ3) is 4.00. The van der Waals surface area contributed by atoms with Gasteiger partial charge in [0.2, 0.25) is 0 Å². The Morgan fingerprint density at radius 3 is 2.78 bits per heavy atom. The van der Waals surface area contributed by atoms with Crippen molar-refractivity contribution in [2.24, 2.45) is 0 Å². The number of carboxylic acids is 1. The Hall–Kier alpha value is -2.19. The van der Waals surface area contributed by atoms with Gasteiger partial charge in [0.05, 0.1) is 12.5 Å². The molecule has 1 unspecified atom stereocenters. The van der Waals surface area contributed by atoms with Crippen LogP contribution in [0.15, 0.2) is 0 Å². The summed E-state index contributed by atoms with van der Waals surface area (Å²) < 4.78 is 0. The maximum Gasteiger partial charge on any atom is 0.317 e. The predicted octanol–water partition coefficient (Wildman–Crippen LogP) is -0.233. The minimum atomic E-state index is -0.938. The number of aliphatic carboxylic acids is 1. The van der Waals surface area contributed by atoms with Gasteiger partial charge in [-0.1, -0.05) is 5.21 Å². The van der Waals surface area contributed by atoms with E-state index in [9.17, 15) is 9.59 Å². The van der Waals surface area contributed by atoms with Gasteiger partial charge in [-0.3, -0.25) is 4.79 Å². The van der Waals surface area contributed by atoms with E-state index >= 15 is 0 Å². The molecule has 0 saturated carbocycles. The lowest BCUT2D eigenvalue weighted by atomic mass is 10.3. The highest BCUT2D eigenvalue weighted by Gasteiger charge is 2.18. The summed E-state index contributed by atoms with van der Waals surface area (Å²) in [5.41, 5.74) is 0. The average molecular weight is 256 g/mol. The topological polar surface area (TPSA) is 124 Å². The van der Waals surface area contributed by atoms with E-state index in [-0.39, 0.29) is 19.0 Å². The lowest BCUT2D eigenvalue weighted by Crippen LogP contribution is -2.42. The van der Waals surface area contributed by atoms with Crippen LogP contribution in [0, 0.1) is 0 Å². The molecule has 0 aromatic carbocycles. The van der Waals surface area contributed by atoms with Crippen LogP contribution in [-0.2, 0) is 4.79 Å². The molecule has 1 aromatic rings. The summed E-state index contributed by atoms with van der Waals surface area (Å²) in [4.78, 5) is 23.7. The van der Waals surface area contributed by atoms with Crippen LogP contribution >= 0.6 is 0 Å². The monoisotopic (exact) mass is 256 g/mol. The first-order chi connectivity index (χ1) is 8.54. The summed E-state index contributed by atoms with van der Waals surface area (Å²) in [6, 6.07) is -0.744. The second-order valence-corrected chi connectivity index (χ2v) is 3.66. The Labute approximate surface area is 104 Å². The number of hydrogen-bond acceptors (Lipinski definition) is 5.